The fourth-order valence-corrected chi connectivity index (χ4v) is 19.3. The molecule has 0 aromatic heterocycles. The average molecular weight is 1450 g/mol. The molecular weight excluding hydrogens is 1340 g/mol. The summed E-state index contributed by atoms with van der Waals surface area (Å²) in [7, 11) is 0. The molecule has 6 heterocycles. The van der Waals surface area contributed by atoms with Gasteiger partial charge in [0, 0.05) is 13.8 Å². The maximum absolute atomic E-state index is 16.1. The van der Waals surface area contributed by atoms with Crippen LogP contribution >= 0.6 is 0 Å². The second kappa shape index (κ2) is 29.5. The van der Waals surface area contributed by atoms with E-state index in [2.05, 4.69) is 40.7 Å². The molecule has 0 aromatic carbocycles. The number of esters is 3. The van der Waals surface area contributed by atoms with Crippen LogP contribution in [-0.2, 0) is 90.3 Å². The maximum Gasteiger partial charge on any atom is 0.335 e. The van der Waals surface area contributed by atoms with Crippen molar-refractivity contribution in [2.75, 3.05) is 19.8 Å². The number of carboxylic acid groups (broad SMARTS) is 1. The summed E-state index contributed by atoms with van der Waals surface area (Å²) in [6, 6.07) is 0. The third-order valence-corrected chi connectivity index (χ3v) is 25.3. The van der Waals surface area contributed by atoms with Gasteiger partial charge in [-0.25, -0.2) is 4.79 Å². The number of aliphatic hydroxyl groups is 13. The topological polar surface area (TPSA) is 498 Å². The molecule has 574 valence electrons. The monoisotopic (exact) mass is 1450 g/mol. The number of allylic oxidation sites excluding steroid dienone is 2. The predicted molar refractivity (Wildman–Crippen MR) is 333 cm³/mol. The van der Waals surface area contributed by atoms with Crippen LogP contribution < -0.4 is 0 Å². The summed E-state index contributed by atoms with van der Waals surface area (Å²) >= 11 is 0. The number of carbonyl (C=O) groups is 5. The zero-order chi connectivity index (χ0) is 73.9. The van der Waals surface area contributed by atoms with E-state index in [0.717, 1.165) is 25.7 Å². The van der Waals surface area contributed by atoms with Crippen molar-refractivity contribution in [3.8, 4) is 0 Å². The van der Waals surface area contributed by atoms with Crippen molar-refractivity contribution in [2.24, 2.45) is 50.2 Å². The van der Waals surface area contributed by atoms with Crippen LogP contribution in [0.1, 0.15) is 133 Å². The van der Waals surface area contributed by atoms with Crippen LogP contribution in [0.2, 0.25) is 0 Å². The molecule has 101 heavy (non-hydrogen) atoms. The Morgan fingerprint density at radius 3 is 1.77 bits per heavy atom. The molecule has 37 atom stereocenters. The van der Waals surface area contributed by atoms with Crippen LogP contribution in [0, 0.1) is 50.2 Å². The van der Waals surface area contributed by atoms with E-state index in [1.54, 1.807) is 6.92 Å². The molecule has 14 N–H and O–H groups in total. The van der Waals surface area contributed by atoms with Gasteiger partial charge in [-0.15, -0.1) is 0 Å². The van der Waals surface area contributed by atoms with Gasteiger partial charge >= 0.3 is 23.9 Å². The number of ether oxygens (including phenoxy) is 14. The Labute approximate surface area is 583 Å². The Hall–Kier alpha value is -3.67. The van der Waals surface area contributed by atoms with Gasteiger partial charge in [0.05, 0.1) is 42.4 Å². The minimum atomic E-state index is -2.11. The molecule has 10 fully saturated rings. The molecule has 0 aromatic rings. The Morgan fingerprint density at radius 2 is 1.12 bits per heavy atom. The molecule has 11 rings (SSSR count). The first-order valence-corrected chi connectivity index (χ1v) is 35.2. The molecule has 0 radical (unpaired) electrons. The molecule has 11 aliphatic rings. The first-order chi connectivity index (χ1) is 47.3. The predicted octanol–water partition coefficient (Wildman–Crippen LogP) is -2.64. The molecule has 5 aliphatic carbocycles. The summed E-state index contributed by atoms with van der Waals surface area (Å²) in [5.74, 6) is -4.85. The molecule has 6 saturated heterocycles. The van der Waals surface area contributed by atoms with Gasteiger partial charge in [0.2, 0.25) is 6.29 Å². The summed E-state index contributed by atoms with van der Waals surface area (Å²) in [6.45, 7) is 16.1. The van der Waals surface area contributed by atoms with Crippen LogP contribution in [0.3, 0.4) is 0 Å². The van der Waals surface area contributed by atoms with Crippen molar-refractivity contribution in [1.29, 1.82) is 0 Å². The number of aldehydes is 1. The number of rotatable bonds is 18. The number of hydrogen-bond donors (Lipinski definition) is 14. The normalized spacial score (nSPS) is 51.9. The third-order valence-electron chi connectivity index (χ3n) is 25.3. The van der Waals surface area contributed by atoms with E-state index < -0.39 is 255 Å². The van der Waals surface area contributed by atoms with E-state index in [9.17, 15) is 90.7 Å². The highest BCUT2D eigenvalue weighted by Crippen LogP contribution is 2.76. The standard InChI is InChI=1S/C68H104O33/c1-26-49(96-56-45(81)38(74)32(73)23-89-56)44(80)48(84)57(90-26)100-54-53(99-58-46(82)40(76)34(94-58)24-88-28(3)71)50(92-29(4)72)27(2)91-61(54)101-62(87)68-19-17-63(5,6)21-31(68)30-11-12-36-64(7)15-14-37(65(8,25-70)35(64)13-16-67(36,10)66(30,9)18-20-68)95-60-52(43(79)42(78)51(97-60)55(85)86)98-59-47(83)41(77)39(75)33(22-69)93-59/h11,25-27,31-54,56-61,69,73-84H,12-24H2,1-10H3,(H,85,86). The molecule has 6 aliphatic heterocycles. The molecule has 37 unspecified atom stereocenters. The second-order valence-corrected chi connectivity index (χ2v) is 31.8. The number of carbonyl (C=O) groups excluding carboxylic acids is 4. The average Bonchev–Trinajstić information content (AvgIpc) is 0.906. The second-order valence-electron chi connectivity index (χ2n) is 31.8. The van der Waals surface area contributed by atoms with Crippen molar-refractivity contribution in [3.63, 3.8) is 0 Å². The van der Waals surface area contributed by atoms with Crippen LogP contribution in [-0.4, -0.2) is 300 Å². The van der Waals surface area contributed by atoms with Gasteiger partial charge in [0.15, 0.2) is 49.8 Å². The fraction of sp³-hybridized carbons (Fsp3) is 0.897. The van der Waals surface area contributed by atoms with Crippen LogP contribution in [0.5, 0.6) is 0 Å². The van der Waals surface area contributed by atoms with E-state index in [-0.39, 0.29) is 23.7 Å². The van der Waals surface area contributed by atoms with E-state index >= 15 is 4.79 Å². The summed E-state index contributed by atoms with van der Waals surface area (Å²) in [4.78, 5) is 67.6. The van der Waals surface area contributed by atoms with Crippen molar-refractivity contribution in [1.82, 2.24) is 0 Å². The van der Waals surface area contributed by atoms with Gasteiger partial charge in [0.25, 0.3) is 0 Å². The van der Waals surface area contributed by atoms with Gasteiger partial charge in [-0.05, 0) is 117 Å². The fourth-order valence-electron chi connectivity index (χ4n) is 19.3. The highest BCUT2D eigenvalue weighted by Gasteiger charge is 2.71. The first-order valence-electron chi connectivity index (χ1n) is 35.2. The molecule has 0 bridgehead atoms. The number of fused-ring (bicyclic) bond motifs is 7. The van der Waals surface area contributed by atoms with Crippen molar-refractivity contribution < 1.29 is 162 Å². The number of hydrogen-bond acceptors (Lipinski definition) is 32. The number of carboxylic acids is 1. The largest absolute Gasteiger partial charge is 0.479 e. The Balaban J connectivity index is 0.883. The minimum absolute atomic E-state index is 0.0903. The van der Waals surface area contributed by atoms with Gasteiger partial charge < -0.3 is 143 Å². The first kappa shape index (κ1) is 78.4. The summed E-state index contributed by atoms with van der Waals surface area (Å²) in [5, 5.41) is 152. The molecule has 33 nitrogen and oxygen atoms in total. The SMILES string of the molecule is CC(=O)OCC1OC(OC2C(OC(C)=O)C(C)OC(OC(=O)C34CCC(C)(C)CC3C3=CCC5C6(C)CCC(OC7OC(C(=O)O)C(O)C(O)C7OC7OC(CO)C(O)C(O)C7O)C(C)(C=O)C6CCC5(C)C3(C)CC4)C2OC2OC(C)C(OC3OCC(O)C(O)C3O)C(O)C2O)C(O)C1O. The minimum Gasteiger partial charge on any atom is -0.479 e. The smallest absolute Gasteiger partial charge is 0.335 e. The summed E-state index contributed by atoms with van der Waals surface area (Å²) in [5.41, 5.74) is -3.48. The van der Waals surface area contributed by atoms with Gasteiger partial charge in [-0.2, -0.15) is 0 Å². The van der Waals surface area contributed by atoms with Gasteiger partial charge in [-0.3, -0.25) is 14.4 Å². The third kappa shape index (κ3) is 13.9. The summed E-state index contributed by atoms with van der Waals surface area (Å²) < 4.78 is 84.7. The van der Waals surface area contributed by atoms with Gasteiger partial charge in [-0.1, -0.05) is 53.2 Å². The lowest BCUT2D eigenvalue weighted by molar-refractivity contribution is -0.382. The molecule has 0 spiro atoms. The lowest BCUT2D eigenvalue weighted by Gasteiger charge is -2.71. The zero-order valence-corrected chi connectivity index (χ0v) is 58.3. The summed E-state index contributed by atoms with van der Waals surface area (Å²) in [6.07, 6.45) is -42.2. The van der Waals surface area contributed by atoms with E-state index in [1.165, 1.54) is 13.8 Å². The van der Waals surface area contributed by atoms with Crippen molar-refractivity contribution in [3.05, 3.63) is 11.6 Å². The number of aliphatic hydroxyl groups excluding tert-OH is 13. The van der Waals surface area contributed by atoms with E-state index in [1.807, 2.05) is 0 Å². The maximum atomic E-state index is 16.1. The zero-order valence-electron chi connectivity index (χ0n) is 58.3. The highest BCUT2D eigenvalue weighted by molar-refractivity contribution is 5.79. The van der Waals surface area contributed by atoms with Gasteiger partial charge in [0.1, 0.15) is 117 Å². The van der Waals surface area contributed by atoms with Crippen LogP contribution in [0.25, 0.3) is 0 Å². The highest BCUT2D eigenvalue weighted by atomic mass is 16.8. The Morgan fingerprint density at radius 1 is 0.545 bits per heavy atom. The number of aliphatic carboxylic acids is 1. The van der Waals surface area contributed by atoms with E-state index in [0.29, 0.717) is 57.8 Å². The molecule has 0 amide bonds. The quantitative estimate of drug-likeness (QED) is 0.0219. The lowest BCUT2D eigenvalue weighted by atomic mass is 9.33. The van der Waals surface area contributed by atoms with Crippen molar-refractivity contribution >= 4 is 30.2 Å². The van der Waals surface area contributed by atoms with Crippen LogP contribution in [0.15, 0.2) is 11.6 Å². The molecule has 33 heteroatoms. The van der Waals surface area contributed by atoms with Crippen molar-refractivity contribution in [2.45, 2.75) is 312 Å². The Kier molecular flexibility index (Phi) is 22.9. The molecular formula is C68H104O33. The van der Waals surface area contributed by atoms with Crippen LogP contribution in [0.4, 0.5) is 0 Å². The molecule has 4 saturated carbocycles. The lowest BCUT2D eigenvalue weighted by Crippen LogP contribution is -2.68. The van der Waals surface area contributed by atoms with E-state index in [4.69, 9.17) is 66.3 Å². The Bertz CT molecular complexity index is 3010.